The van der Waals surface area contributed by atoms with Gasteiger partial charge < -0.3 is 9.47 Å². The van der Waals surface area contributed by atoms with Crippen molar-refractivity contribution in [2.24, 2.45) is 0 Å². The Bertz CT molecular complexity index is 2180. The highest BCUT2D eigenvalue weighted by Crippen LogP contribution is 2.51. The van der Waals surface area contributed by atoms with E-state index in [9.17, 15) is 0 Å². The molecular formula is C50H40O2P2. The Balaban J connectivity index is 1.59. The Kier molecular flexibility index (Phi) is 10.8. The monoisotopic (exact) mass is 734 g/mol. The molecule has 0 saturated carbocycles. The Morgan fingerprint density at radius 2 is 0.556 bits per heavy atom. The molecule has 0 saturated heterocycles. The van der Waals surface area contributed by atoms with Crippen LogP contribution in [0.3, 0.4) is 0 Å². The predicted octanol–water partition coefficient (Wildman–Crippen LogP) is 10.2. The van der Waals surface area contributed by atoms with E-state index in [1.165, 1.54) is 43.0 Å². The Labute approximate surface area is 321 Å². The van der Waals surface area contributed by atoms with Gasteiger partial charge in [0.2, 0.25) is 0 Å². The molecule has 0 heterocycles. The molecule has 0 aliphatic rings. The minimum absolute atomic E-state index is 0.810. The Morgan fingerprint density at radius 3 is 0.815 bits per heavy atom. The predicted molar refractivity (Wildman–Crippen MR) is 233 cm³/mol. The van der Waals surface area contributed by atoms with E-state index in [4.69, 9.17) is 9.47 Å². The van der Waals surface area contributed by atoms with Crippen molar-refractivity contribution >= 4 is 47.7 Å². The van der Waals surface area contributed by atoms with Crippen LogP contribution in [-0.4, -0.2) is 14.2 Å². The molecule has 0 aliphatic heterocycles. The van der Waals surface area contributed by atoms with Crippen LogP contribution in [0.1, 0.15) is 0 Å². The lowest BCUT2D eigenvalue weighted by atomic mass is 9.94. The third-order valence-electron chi connectivity index (χ3n) is 9.64. The Morgan fingerprint density at radius 1 is 0.296 bits per heavy atom. The summed E-state index contributed by atoms with van der Waals surface area (Å²) in [6.07, 6.45) is 0. The van der Waals surface area contributed by atoms with Gasteiger partial charge in [0.1, 0.15) is 11.5 Å². The van der Waals surface area contributed by atoms with Crippen LogP contribution in [0.2, 0.25) is 0 Å². The largest absolute Gasteiger partial charge is 0.496 e. The van der Waals surface area contributed by atoms with Gasteiger partial charge in [0, 0.05) is 21.7 Å². The normalized spacial score (nSPS) is 11.1. The number of hydrogen-bond acceptors (Lipinski definition) is 2. The van der Waals surface area contributed by atoms with E-state index >= 15 is 0 Å². The van der Waals surface area contributed by atoms with Gasteiger partial charge in [0.05, 0.1) is 14.2 Å². The summed E-state index contributed by atoms with van der Waals surface area (Å²) in [4.78, 5) is 0. The average Bonchev–Trinajstić information content (AvgIpc) is 3.25. The molecule has 262 valence electrons. The minimum atomic E-state index is -1.11. The van der Waals surface area contributed by atoms with Crippen LogP contribution < -0.4 is 41.3 Å². The summed E-state index contributed by atoms with van der Waals surface area (Å²) in [6, 6.07) is 74.2. The van der Waals surface area contributed by atoms with Gasteiger partial charge in [-0.05, 0) is 83.6 Å². The molecule has 0 aromatic heterocycles. The first kappa shape index (κ1) is 35.3. The number of rotatable bonds is 11. The van der Waals surface area contributed by atoms with E-state index in [0.29, 0.717) is 0 Å². The fraction of sp³-hybridized carbons (Fsp3) is 0.0400. The zero-order chi connectivity index (χ0) is 36.7. The minimum Gasteiger partial charge on any atom is -0.496 e. The van der Waals surface area contributed by atoms with Gasteiger partial charge in [0.25, 0.3) is 0 Å². The van der Waals surface area contributed by atoms with Crippen molar-refractivity contribution in [1.29, 1.82) is 0 Å². The van der Waals surface area contributed by atoms with Gasteiger partial charge in [0.15, 0.2) is 0 Å². The van der Waals surface area contributed by atoms with Crippen molar-refractivity contribution in [3.8, 4) is 44.9 Å². The number of hydrogen-bond donors (Lipinski definition) is 0. The van der Waals surface area contributed by atoms with Crippen molar-refractivity contribution < 1.29 is 9.47 Å². The van der Waals surface area contributed by atoms with Gasteiger partial charge in [-0.1, -0.05) is 182 Å². The maximum absolute atomic E-state index is 6.51. The van der Waals surface area contributed by atoms with Crippen LogP contribution in [0.5, 0.6) is 11.5 Å². The van der Waals surface area contributed by atoms with Crippen LogP contribution in [-0.2, 0) is 0 Å². The van der Waals surface area contributed by atoms with E-state index in [0.717, 1.165) is 33.8 Å². The SMILES string of the molecule is COc1ccc(-c2ccccc2)c(P(c2ccccc2)c2ccccc2)c1-c1c(OC)ccc(-c2ccccc2)c1P(c1ccccc1)c1ccccc1. The molecule has 0 unspecified atom stereocenters. The molecule has 54 heavy (non-hydrogen) atoms. The molecule has 4 heteroatoms. The van der Waals surface area contributed by atoms with Crippen molar-refractivity contribution in [1.82, 2.24) is 0 Å². The van der Waals surface area contributed by atoms with Gasteiger partial charge in [-0.25, -0.2) is 0 Å². The summed E-state index contributed by atoms with van der Waals surface area (Å²) in [7, 11) is 1.38. The van der Waals surface area contributed by atoms with E-state index in [1.54, 1.807) is 14.2 Å². The van der Waals surface area contributed by atoms with Gasteiger partial charge in [-0.3, -0.25) is 0 Å². The molecule has 0 N–H and O–H groups in total. The summed E-state index contributed by atoms with van der Waals surface area (Å²) in [5, 5.41) is 7.51. The first-order chi connectivity index (χ1) is 26.8. The summed E-state index contributed by atoms with van der Waals surface area (Å²) in [5.74, 6) is 1.62. The average molecular weight is 735 g/mol. The summed E-state index contributed by atoms with van der Waals surface area (Å²) in [6.45, 7) is 0. The van der Waals surface area contributed by atoms with Crippen molar-refractivity contribution in [2.75, 3.05) is 14.2 Å². The van der Waals surface area contributed by atoms with E-state index in [-0.39, 0.29) is 0 Å². The van der Waals surface area contributed by atoms with Gasteiger partial charge in [-0.2, -0.15) is 0 Å². The maximum atomic E-state index is 6.51. The topological polar surface area (TPSA) is 18.5 Å². The first-order valence-corrected chi connectivity index (χ1v) is 20.8. The fourth-order valence-electron chi connectivity index (χ4n) is 7.26. The molecule has 0 aliphatic carbocycles. The molecule has 0 fully saturated rings. The highest BCUT2D eigenvalue weighted by molar-refractivity contribution is 7.81. The molecular weight excluding hydrogens is 694 g/mol. The molecule has 8 aromatic rings. The summed E-state index contributed by atoms with van der Waals surface area (Å²) >= 11 is 0. The van der Waals surface area contributed by atoms with Crippen molar-refractivity contribution in [3.05, 3.63) is 206 Å². The molecule has 0 radical (unpaired) electrons. The van der Waals surface area contributed by atoms with E-state index in [2.05, 4.69) is 206 Å². The van der Waals surface area contributed by atoms with Gasteiger partial charge in [-0.15, -0.1) is 0 Å². The first-order valence-electron chi connectivity index (χ1n) is 18.1. The third kappa shape index (κ3) is 7.00. The lowest BCUT2D eigenvalue weighted by Gasteiger charge is -2.31. The number of benzene rings is 8. The fourth-order valence-corrected chi connectivity index (χ4v) is 12.5. The highest BCUT2D eigenvalue weighted by Gasteiger charge is 2.33. The second kappa shape index (κ2) is 16.5. The van der Waals surface area contributed by atoms with E-state index in [1.807, 2.05) is 0 Å². The molecule has 2 nitrogen and oxygen atoms in total. The van der Waals surface area contributed by atoms with E-state index < -0.39 is 15.8 Å². The van der Waals surface area contributed by atoms with Crippen LogP contribution in [0.4, 0.5) is 0 Å². The zero-order valence-corrected chi connectivity index (χ0v) is 32.1. The van der Waals surface area contributed by atoms with Crippen LogP contribution in [0, 0.1) is 0 Å². The molecule has 0 spiro atoms. The highest BCUT2D eigenvalue weighted by atomic mass is 31.1. The lowest BCUT2D eigenvalue weighted by molar-refractivity contribution is 0.411. The maximum Gasteiger partial charge on any atom is 0.127 e. The Hall–Kier alpha value is -5.78. The third-order valence-corrected chi connectivity index (χ3v) is 14.7. The zero-order valence-electron chi connectivity index (χ0n) is 30.3. The van der Waals surface area contributed by atoms with Gasteiger partial charge >= 0.3 is 0 Å². The second-order valence-corrected chi connectivity index (χ2v) is 17.1. The lowest BCUT2D eigenvalue weighted by Crippen LogP contribution is -2.28. The molecule has 8 rings (SSSR count). The second-order valence-electron chi connectivity index (χ2n) is 12.8. The molecule has 8 aromatic carbocycles. The van der Waals surface area contributed by atoms with Crippen molar-refractivity contribution in [2.45, 2.75) is 0 Å². The summed E-state index contributed by atoms with van der Waals surface area (Å²) < 4.78 is 13.0. The molecule has 0 amide bonds. The quantitative estimate of drug-likeness (QED) is 0.123. The molecule has 0 bridgehead atoms. The number of ether oxygens (including phenoxy) is 2. The smallest absolute Gasteiger partial charge is 0.127 e. The molecule has 0 atom stereocenters. The summed E-state index contributed by atoms with van der Waals surface area (Å²) in [5.41, 5.74) is 6.77. The van der Waals surface area contributed by atoms with Crippen LogP contribution >= 0.6 is 15.8 Å². The van der Waals surface area contributed by atoms with Crippen molar-refractivity contribution in [3.63, 3.8) is 0 Å². The number of methoxy groups -OCH3 is 2. The standard InChI is InChI=1S/C50H40O2P2/c1-51-45-35-33-43(37-21-9-3-10-22-37)49(53(39-25-13-5-14-26-39)40-27-15-6-16-28-40)47(45)48-46(52-2)36-34-44(38-23-11-4-12-24-38)50(48)54(41-29-17-7-18-30-41)42-31-19-8-20-32-42/h3-36H,1-2H3. The van der Waals surface area contributed by atoms with Crippen LogP contribution in [0.25, 0.3) is 33.4 Å². The van der Waals surface area contributed by atoms with Crippen LogP contribution in [0.15, 0.2) is 206 Å².